The molecule has 0 aliphatic heterocycles. The van der Waals surface area contributed by atoms with E-state index in [1.165, 1.54) is 0 Å². The highest BCUT2D eigenvalue weighted by Gasteiger charge is 2.12. The molecule has 8 heteroatoms. The number of hydrogen-bond donors (Lipinski definition) is 1. The molecule has 0 aliphatic carbocycles. The van der Waals surface area contributed by atoms with E-state index in [1.54, 1.807) is 17.8 Å². The van der Waals surface area contributed by atoms with Crippen molar-refractivity contribution in [3.63, 3.8) is 0 Å². The lowest BCUT2D eigenvalue weighted by atomic mass is 10.4. The SMILES string of the molecule is CCn1cnnc1Cn1c(=O)[nH]c(Cl)c(C)c1=O. The summed E-state index contributed by atoms with van der Waals surface area (Å²) in [6.45, 7) is 4.22. The van der Waals surface area contributed by atoms with Crippen molar-refractivity contribution in [2.75, 3.05) is 0 Å². The maximum absolute atomic E-state index is 11.9. The first-order chi connectivity index (χ1) is 8.54. The lowest BCUT2D eigenvalue weighted by molar-refractivity contribution is 0.612. The van der Waals surface area contributed by atoms with Crippen LogP contribution in [0.25, 0.3) is 0 Å². The molecule has 96 valence electrons. The van der Waals surface area contributed by atoms with Crippen LogP contribution < -0.4 is 11.2 Å². The maximum atomic E-state index is 11.9. The molecule has 0 amide bonds. The van der Waals surface area contributed by atoms with Gasteiger partial charge in [-0.1, -0.05) is 11.6 Å². The van der Waals surface area contributed by atoms with E-state index in [0.29, 0.717) is 17.9 Å². The normalized spacial score (nSPS) is 10.8. The van der Waals surface area contributed by atoms with Gasteiger partial charge in [0.1, 0.15) is 11.5 Å². The molecular weight excluding hydrogens is 258 g/mol. The first kappa shape index (κ1) is 12.6. The van der Waals surface area contributed by atoms with Gasteiger partial charge in [0.2, 0.25) is 0 Å². The van der Waals surface area contributed by atoms with Gasteiger partial charge in [-0.2, -0.15) is 0 Å². The van der Waals surface area contributed by atoms with Crippen LogP contribution >= 0.6 is 11.6 Å². The van der Waals surface area contributed by atoms with Gasteiger partial charge in [-0.25, -0.2) is 4.79 Å². The lowest BCUT2D eigenvalue weighted by Gasteiger charge is -2.07. The van der Waals surface area contributed by atoms with Crippen LogP contribution in [0.2, 0.25) is 5.15 Å². The number of nitrogens with one attached hydrogen (secondary N) is 1. The molecule has 1 N–H and O–H groups in total. The van der Waals surface area contributed by atoms with E-state index in [0.717, 1.165) is 4.57 Å². The number of hydrogen-bond acceptors (Lipinski definition) is 4. The molecule has 2 aromatic rings. The Bertz CT molecular complexity index is 684. The van der Waals surface area contributed by atoms with Crippen molar-refractivity contribution in [3.05, 3.63) is 43.7 Å². The van der Waals surface area contributed by atoms with Gasteiger partial charge >= 0.3 is 5.69 Å². The summed E-state index contributed by atoms with van der Waals surface area (Å²) in [7, 11) is 0. The third-order valence-corrected chi connectivity index (χ3v) is 3.07. The predicted octanol–water partition coefficient (Wildman–Crippen LogP) is 0.158. The number of H-pyrrole nitrogens is 1. The van der Waals surface area contributed by atoms with Crippen molar-refractivity contribution < 1.29 is 0 Å². The fourth-order valence-electron chi connectivity index (χ4n) is 1.59. The number of aryl methyl sites for hydroxylation is 1. The van der Waals surface area contributed by atoms with E-state index in [1.807, 2.05) is 6.92 Å². The molecule has 0 aliphatic rings. The van der Waals surface area contributed by atoms with E-state index in [9.17, 15) is 9.59 Å². The predicted molar refractivity (Wildman–Crippen MR) is 65.9 cm³/mol. The summed E-state index contributed by atoms with van der Waals surface area (Å²) in [6, 6.07) is 0. The Morgan fingerprint density at radius 2 is 2.17 bits per heavy atom. The molecule has 0 saturated carbocycles. The maximum Gasteiger partial charge on any atom is 0.329 e. The Morgan fingerprint density at radius 1 is 1.44 bits per heavy atom. The molecule has 0 bridgehead atoms. The smallest absolute Gasteiger partial charge is 0.316 e. The van der Waals surface area contributed by atoms with Crippen LogP contribution in [0.1, 0.15) is 18.3 Å². The Morgan fingerprint density at radius 3 is 2.83 bits per heavy atom. The minimum absolute atomic E-state index is 0.0678. The van der Waals surface area contributed by atoms with Crippen LogP contribution in [-0.4, -0.2) is 24.3 Å². The third-order valence-electron chi connectivity index (χ3n) is 2.69. The number of halogens is 1. The highest BCUT2D eigenvalue weighted by molar-refractivity contribution is 6.30. The molecule has 2 heterocycles. The summed E-state index contributed by atoms with van der Waals surface area (Å²) >= 11 is 5.73. The first-order valence-corrected chi connectivity index (χ1v) is 5.78. The van der Waals surface area contributed by atoms with E-state index in [2.05, 4.69) is 15.2 Å². The van der Waals surface area contributed by atoms with Gasteiger partial charge < -0.3 is 4.57 Å². The van der Waals surface area contributed by atoms with Gasteiger partial charge in [-0.05, 0) is 13.8 Å². The van der Waals surface area contributed by atoms with Crippen LogP contribution in [0.15, 0.2) is 15.9 Å². The topological polar surface area (TPSA) is 85.6 Å². The van der Waals surface area contributed by atoms with Crippen molar-refractivity contribution in [1.29, 1.82) is 0 Å². The van der Waals surface area contributed by atoms with E-state index in [-0.39, 0.29) is 11.7 Å². The monoisotopic (exact) mass is 269 g/mol. The molecule has 0 unspecified atom stereocenters. The Hall–Kier alpha value is -1.89. The molecule has 7 nitrogen and oxygen atoms in total. The second-order valence-corrected chi connectivity index (χ2v) is 4.17. The average molecular weight is 270 g/mol. The summed E-state index contributed by atoms with van der Waals surface area (Å²) in [5.41, 5.74) is -0.672. The zero-order valence-corrected chi connectivity index (χ0v) is 10.7. The van der Waals surface area contributed by atoms with Crippen LogP contribution in [0.3, 0.4) is 0 Å². The quantitative estimate of drug-likeness (QED) is 0.804. The van der Waals surface area contributed by atoms with Crippen molar-refractivity contribution in [2.24, 2.45) is 0 Å². The Labute approximate surface area is 107 Å². The second kappa shape index (κ2) is 4.77. The molecule has 2 aromatic heterocycles. The second-order valence-electron chi connectivity index (χ2n) is 3.79. The average Bonchev–Trinajstić information content (AvgIpc) is 2.79. The standard InChI is InChI=1S/C10H12ClN5O2/c1-3-15-5-12-14-7(15)4-16-9(17)6(2)8(11)13-10(16)18/h5H,3-4H2,1-2H3,(H,13,18). The summed E-state index contributed by atoms with van der Waals surface area (Å²) < 4.78 is 2.81. The number of rotatable bonds is 3. The van der Waals surface area contributed by atoms with Gasteiger partial charge in [0.25, 0.3) is 5.56 Å². The zero-order valence-electron chi connectivity index (χ0n) is 9.97. The van der Waals surface area contributed by atoms with Gasteiger partial charge in [0, 0.05) is 12.1 Å². The highest BCUT2D eigenvalue weighted by atomic mass is 35.5. The van der Waals surface area contributed by atoms with E-state index in [4.69, 9.17) is 11.6 Å². The van der Waals surface area contributed by atoms with Gasteiger partial charge in [-0.15, -0.1) is 10.2 Å². The third kappa shape index (κ3) is 2.08. The number of aromatic nitrogens is 5. The van der Waals surface area contributed by atoms with Crippen molar-refractivity contribution >= 4 is 11.6 Å². The molecular formula is C10H12ClN5O2. The molecule has 0 aromatic carbocycles. The molecule has 0 spiro atoms. The van der Waals surface area contributed by atoms with Crippen molar-refractivity contribution in [3.8, 4) is 0 Å². The van der Waals surface area contributed by atoms with Crippen LogP contribution in [-0.2, 0) is 13.1 Å². The van der Waals surface area contributed by atoms with Gasteiger partial charge in [0.15, 0.2) is 5.82 Å². The van der Waals surface area contributed by atoms with E-state index < -0.39 is 11.2 Å². The molecule has 0 fully saturated rings. The zero-order chi connectivity index (χ0) is 13.3. The molecule has 18 heavy (non-hydrogen) atoms. The first-order valence-electron chi connectivity index (χ1n) is 5.40. The van der Waals surface area contributed by atoms with Crippen molar-refractivity contribution in [1.82, 2.24) is 24.3 Å². The molecule has 2 rings (SSSR count). The summed E-state index contributed by atoms with van der Waals surface area (Å²) in [4.78, 5) is 26.1. The largest absolute Gasteiger partial charge is 0.329 e. The number of nitrogens with zero attached hydrogens (tertiary/aromatic N) is 4. The molecule has 0 radical (unpaired) electrons. The Balaban J connectivity index is 2.51. The number of aromatic amines is 1. The summed E-state index contributed by atoms with van der Waals surface area (Å²) in [5, 5.41) is 7.70. The fraction of sp³-hybridized carbons (Fsp3) is 0.400. The van der Waals surface area contributed by atoms with Gasteiger partial charge in [-0.3, -0.25) is 14.3 Å². The molecule has 0 saturated heterocycles. The Kier molecular flexibility index (Phi) is 3.33. The minimum atomic E-state index is -0.554. The summed E-state index contributed by atoms with van der Waals surface area (Å²) in [6.07, 6.45) is 1.55. The highest BCUT2D eigenvalue weighted by Crippen LogP contribution is 2.03. The van der Waals surface area contributed by atoms with Crippen LogP contribution in [0, 0.1) is 6.92 Å². The fourth-order valence-corrected chi connectivity index (χ4v) is 1.76. The van der Waals surface area contributed by atoms with E-state index >= 15 is 0 Å². The summed E-state index contributed by atoms with van der Waals surface area (Å²) in [5.74, 6) is 0.548. The minimum Gasteiger partial charge on any atom is -0.316 e. The lowest BCUT2D eigenvalue weighted by Crippen LogP contribution is -2.37. The van der Waals surface area contributed by atoms with Crippen molar-refractivity contribution in [2.45, 2.75) is 26.9 Å². The molecule has 0 atom stereocenters. The van der Waals surface area contributed by atoms with Crippen LogP contribution in [0.5, 0.6) is 0 Å². The van der Waals surface area contributed by atoms with Crippen LogP contribution in [0.4, 0.5) is 0 Å². The van der Waals surface area contributed by atoms with Gasteiger partial charge in [0.05, 0.1) is 6.54 Å².